The zero-order chi connectivity index (χ0) is 11.4. The van der Waals surface area contributed by atoms with E-state index in [-0.39, 0.29) is 6.42 Å². The second-order valence-corrected chi connectivity index (χ2v) is 3.51. The van der Waals surface area contributed by atoms with Gasteiger partial charge in [-0.1, -0.05) is 24.3 Å². The van der Waals surface area contributed by atoms with E-state index in [1.165, 1.54) is 0 Å². The SMILES string of the molecule is NOC(=O)CCc1cc2ccccc2cn1. The van der Waals surface area contributed by atoms with Crippen molar-refractivity contribution in [3.8, 4) is 0 Å². The number of benzene rings is 1. The molecule has 1 aromatic heterocycles. The lowest BCUT2D eigenvalue weighted by Crippen LogP contribution is -2.10. The van der Waals surface area contributed by atoms with Crippen LogP contribution in [0.3, 0.4) is 0 Å². The van der Waals surface area contributed by atoms with E-state index >= 15 is 0 Å². The van der Waals surface area contributed by atoms with Crippen LogP contribution < -0.4 is 5.90 Å². The third kappa shape index (κ3) is 2.35. The maximum absolute atomic E-state index is 10.9. The number of fused-ring (bicyclic) bond motifs is 1. The van der Waals surface area contributed by atoms with E-state index < -0.39 is 5.97 Å². The summed E-state index contributed by atoms with van der Waals surface area (Å²) in [6.45, 7) is 0. The number of rotatable bonds is 3. The molecule has 0 aliphatic heterocycles. The van der Waals surface area contributed by atoms with Crippen molar-refractivity contribution < 1.29 is 9.63 Å². The molecule has 0 aliphatic carbocycles. The Balaban J connectivity index is 2.16. The lowest BCUT2D eigenvalue weighted by molar-refractivity contribution is -0.144. The summed E-state index contributed by atoms with van der Waals surface area (Å²) in [6.07, 6.45) is 2.60. The molecule has 0 amide bonds. The number of nitrogens with zero attached hydrogens (tertiary/aromatic N) is 1. The molecule has 0 atom stereocenters. The van der Waals surface area contributed by atoms with Crippen molar-refractivity contribution in [2.24, 2.45) is 5.90 Å². The molecule has 0 radical (unpaired) electrons. The Hall–Kier alpha value is -1.94. The highest BCUT2D eigenvalue weighted by atomic mass is 16.7. The number of nitrogens with two attached hydrogens (primary N) is 1. The van der Waals surface area contributed by atoms with E-state index in [4.69, 9.17) is 5.90 Å². The quantitative estimate of drug-likeness (QED) is 0.791. The second kappa shape index (κ2) is 4.72. The average Bonchev–Trinajstić information content (AvgIpc) is 2.35. The molecule has 2 aromatic rings. The number of pyridine rings is 1. The van der Waals surface area contributed by atoms with Gasteiger partial charge < -0.3 is 4.84 Å². The van der Waals surface area contributed by atoms with Crippen molar-refractivity contribution in [3.05, 3.63) is 42.2 Å². The first kappa shape index (κ1) is 10.6. The highest BCUT2D eigenvalue weighted by molar-refractivity contribution is 5.81. The first-order valence-corrected chi connectivity index (χ1v) is 5.03. The molecule has 0 fully saturated rings. The minimum absolute atomic E-state index is 0.252. The molecule has 2 N–H and O–H groups in total. The number of aryl methyl sites for hydroxylation is 1. The summed E-state index contributed by atoms with van der Waals surface area (Å²) in [5.74, 6) is 4.34. The Morgan fingerprint density at radius 1 is 1.31 bits per heavy atom. The van der Waals surface area contributed by atoms with E-state index in [0.717, 1.165) is 16.5 Å². The summed E-state index contributed by atoms with van der Waals surface area (Å²) in [5, 5.41) is 2.21. The van der Waals surface area contributed by atoms with E-state index in [2.05, 4.69) is 9.82 Å². The average molecular weight is 216 g/mol. The van der Waals surface area contributed by atoms with Crippen molar-refractivity contribution in [2.45, 2.75) is 12.8 Å². The van der Waals surface area contributed by atoms with Gasteiger partial charge in [-0.05, 0) is 11.5 Å². The van der Waals surface area contributed by atoms with Crippen molar-refractivity contribution in [3.63, 3.8) is 0 Å². The Morgan fingerprint density at radius 2 is 2.06 bits per heavy atom. The van der Waals surface area contributed by atoms with E-state index in [0.29, 0.717) is 6.42 Å². The molecule has 4 heteroatoms. The first-order chi connectivity index (χ1) is 7.79. The topological polar surface area (TPSA) is 65.2 Å². The maximum Gasteiger partial charge on any atom is 0.324 e. The van der Waals surface area contributed by atoms with Gasteiger partial charge in [0.05, 0.1) is 6.42 Å². The van der Waals surface area contributed by atoms with Gasteiger partial charge in [0.15, 0.2) is 0 Å². The fourth-order valence-electron chi connectivity index (χ4n) is 1.55. The van der Waals surface area contributed by atoms with E-state index in [1.54, 1.807) is 6.20 Å². The molecule has 0 spiro atoms. The largest absolute Gasteiger partial charge is 0.373 e. The van der Waals surface area contributed by atoms with Crippen molar-refractivity contribution in [1.82, 2.24) is 4.98 Å². The van der Waals surface area contributed by atoms with Crippen LogP contribution in [0.25, 0.3) is 10.8 Å². The van der Waals surface area contributed by atoms with Gasteiger partial charge >= 0.3 is 5.97 Å². The van der Waals surface area contributed by atoms with Gasteiger partial charge in [-0.3, -0.25) is 9.78 Å². The van der Waals surface area contributed by atoms with Crippen LogP contribution in [0.15, 0.2) is 36.5 Å². The van der Waals surface area contributed by atoms with Gasteiger partial charge in [0.2, 0.25) is 0 Å². The third-order valence-corrected chi connectivity index (χ3v) is 2.40. The number of hydrogen-bond acceptors (Lipinski definition) is 4. The molecule has 16 heavy (non-hydrogen) atoms. The summed E-state index contributed by atoms with van der Waals surface area (Å²) >= 11 is 0. The monoisotopic (exact) mass is 216 g/mol. The van der Waals surface area contributed by atoms with Gasteiger partial charge in [-0.25, -0.2) is 0 Å². The molecule has 0 unspecified atom stereocenters. The molecule has 1 aromatic carbocycles. The summed E-state index contributed by atoms with van der Waals surface area (Å²) in [7, 11) is 0. The van der Waals surface area contributed by atoms with Crippen molar-refractivity contribution in [2.75, 3.05) is 0 Å². The van der Waals surface area contributed by atoms with Crippen LogP contribution >= 0.6 is 0 Å². The zero-order valence-corrected chi connectivity index (χ0v) is 8.72. The number of aromatic nitrogens is 1. The fraction of sp³-hybridized carbons (Fsp3) is 0.167. The second-order valence-electron chi connectivity index (χ2n) is 3.51. The smallest absolute Gasteiger partial charge is 0.324 e. The lowest BCUT2D eigenvalue weighted by Gasteiger charge is -2.01. The minimum Gasteiger partial charge on any atom is -0.373 e. The Morgan fingerprint density at radius 3 is 2.81 bits per heavy atom. The minimum atomic E-state index is -0.421. The Kier molecular flexibility index (Phi) is 3.12. The van der Waals surface area contributed by atoms with Crippen LogP contribution in [0.5, 0.6) is 0 Å². The predicted octanol–water partition coefficient (Wildman–Crippen LogP) is 1.58. The molecular formula is C12H12N2O2. The first-order valence-electron chi connectivity index (χ1n) is 5.03. The highest BCUT2D eigenvalue weighted by Gasteiger charge is 2.03. The summed E-state index contributed by atoms with van der Waals surface area (Å²) in [4.78, 5) is 19.2. The standard InChI is InChI=1S/C12H12N2O2/c13-16-12(15)6-5-11-7-9-3-1-2-4-10(9)8-14-11/h1-4,7-8H,5-6,13H2. The Bertz CT molecular complexity index is 511. The van der Waals surface area contributed by atoms with Gasteiger partial charge in [0, 0.05) is 23.7 Å². The Labute approximate surface area is 93.0 Å². The zero-order valence-electron chi connectivity index (χ0n) is 8.72. The number of carbonyl (C=O) groups excluding carboxylic acids is 1. The van der Waals surface area contributed by atoms with Crippen LogP contribution in [-0.2, 0) is 16.1 Å². The lowest BCUT2D eigenvalue weighted by atomic mass is 10.1. The van der Waals surface area contributed by atoms with Crippen molar-refractivity contribution in [1.29, 1.82) is 0 Å². The molecule has 2 rings (SSSR count). The highest BCUT2D eigenvalue weighted by Crippen LogP contribution is 2.14. The van der Waals surface area contributed by atoms with E-state index in [9.17, 15) is 4.79 Å². The number of carbonyl (C=O) groups is 1. The molecule has 0 saturated heterocycles. The normalized spacial score (nSPS) is 10.3. The number of hydrogen-bond donors (Lipinski definition) is 1. The molecule has 0 aliphatic rings. The van der Waals surface area contributed by atoms with Crippen LogP contribution in [-0.4, -0.2) is 11.0 Å². The molecule has 0 saturated carbocycles. The third-order valence-electron chi connectivity index (χ3n) is 2.40. The fourth-order valence-corrected chi connectivity index (χ4v) is 1.55. The molecule has 4 nitrogen and oxygen atoms in total. The van der Waals surface area contributed by atoms with E-state index in [1.807, 2.05) is 30.3 Å². The summed E-state index contributed by atoms with van der Waals surface area (Å²) < 4.78 is 0. The van der Waals surface area contributed by atoms with Gasteiger partial charge in [-0.15, -0.1) is 0 Å². The maximum atomic E-state index is 10.9. The van der Waals surface area contributed by atoms with Gasteiger partial charge in [-0.2, -0.15) is 5.90 Å². The van der Waals surface area contributed by atoms with Crippen LogP contribution in [0.2, 0.25) is 0 Å². The summed E-state index contributed by atoms with van der Waals surface area (Å²) in [6, 6.07) is 9.93. The van der Waals surface area contributed by atoms with Crippen molar-refractivity contribution >= 4 is 16.7 Å². The van der Waals surface area contributed by atoms with Gasteiger partial charge in [0.1, 0.15) is 0 Å². The van der Waals surface area contributed by atoms with Crippen LogP contribution in [0.4, 0.5) is 0 Å². The molecule has 0 bridgehead atoms. The van der Waals surface area contributed by atoms with Gasteiger partial charge in [0.25, 0.3) is 0 Å². The van der Waals surface area contributed by atoms with Crippen LogP contribution in [0, 0.1) is 0 Å². The predicted molar refractivity (Wildman–Crippen MR) is 60.3 cm³/mol. The molecule has 1 heterocycles. The van der Waals surface area contributed by atoms with Crippen LogP contribution in [0.1, 0.15) is 12.1 Å². The summed E-state index contributed by atoms with van der Waals surface area (Å²) in [5.41, 5.74) is 0.865. The molecular weight excluding hydrogens is 204 g/mol. The molecule has 82 valence electrons.